The van der Waals surface area contributed by atoms with Crippen LogP contribution in [0.25, 0.3) is 11.1 Å². The summed E-state index contributed by atoms with van der Waals surface area (Å²) < 4.78 is 22.8. The van der Waals surface area contributed by atoms with E-state index in [-0.39, 0.29) is 0 Å². The van der Waals surface area contributed by atoms with E-state index >= 15 is 0 Å². The Morgan fingerprint density at radius 1 is 0.675 bits per heavy atom. The number of aryl methyl sites for hydroxylation is 2. The molecule has 10 atom stereocenters. The number of aliphatic hydroxyl groups excluding tert-OH is 6. The summed E-state index contributed by atoms with van der Waals surface area (Å²) in [5, 5.41) is 81.1. The zero-order valence-corrected chi connectivity index (χ0v) is 22.7. The summed E-state index contributed by atoms with van der Waals surface area (Å²) in [5.41, 5.74) is -0.878. The summed E-state index contributed by atoms with van der Waals surface area (Å²) in [6.07, 6.45) is -11.1. The fourth-order valence-electron chi connectivity index (χ4n) is 4.88. The normalized spacial score (nSPS) is 38.2. The van der Waals surface area contributed by atoms with Gasteiger partial charge in [0.15, 0.2) is 11.2 Å². The fraction of sp³-hybridized carbons (Fsp3) is 0.571. The maximum absolute atomic E-state index is 10.7. The Kier molecular flexibility index (Phi) is 8.79. The molecule has 0 aliphatic carbocycles. The molecule has 0 radical (unpaired) electrons. The van der Waals surface area contributed by atoms with Crippen LogP contribution in [0.15, 0.2) is 36.4 Å². The third-order valence-corrected chi connectivity index (χ3v) is 7.67. The van der Waals surface area contributed by atoms with Gasteiger partial charge in [-0.2, -0.15) is 0 Å². The Hall–Kier alpha value is -2.36. The number of hydrogen-bond donors (Lipinski definition) is 8. The lowest BCUT2D eigenvalue weighted by atomic mass is 9.88. The van der Waals surface area contributed by atoms with Crippen molar-refractivity contribution in [3.63, 3.8) is 0 Å². The second-order valence-corrected chi connectivity index (χ2v) is 10.9. The van der Waals surface area contributed by atoms with E-state index in [1.165, 1.54) is 13.8 Å². The molecule has 2 aromatic rings. The highest BCUT2D eigenvalue weighted by Gasteiger charge is 2.54. The summed E-state index contributed by atoms with van der Waals surface area (Å²) in [4.78, 5) is 0. The SMILES string of the molecule is Cc1cc(-c2ccc(OC3OC(CO)C(O)C(O)C3(C)O)c(C)c2)ccc1OC1OC(CO)C(O)C(O)C1(C)O. The van der Waals surface area contributed by atoms with Crippen LogP contribution in [-0.4, -0.2) is 114 Å². The first-order valence-corrected chi connectivity index (χ1v) is 13.0. The smallest absolute Gasteiger partial charge is 0.231 e. The largest absolute Gasteiger partial charge is 0.461 e. The van der Waals surface area contributed by atoms with Crippen LogP contribution in [0.2, 0.25) is 0 Å². The van der Waals surface area contributed by atoms with Gasteiger partial charge in [0.2, 0.25) is 12.6 Å². The van der Waals surface area contributed by atoms with Crippen molar-refractivity contribution in [1.82, 2.24) is 0 Å². The average molecular weight is 567 g/mol. The third-order valence-electron chi connectivity index (χ3n) is 7.67. The van der Waals surface area contributed by atoms with Crippen molar-refractivity contribution in [3.8, 4) is 22.6 Å². The molecular weight excluding hydrogens is 528 g/mol. The molecule has 40 heavy (non-hydrogen) atoms. The zero-order valence-electron chi connectivity index (χ0n) is 22.7. The molecule has 10 unspecified atom stereocenters. The van der Waals surface area contributed by atoms with E-state index in [0.29, 0.717) is 22.6 Å². The van der Waals surface area contributed by atoms with Crippen LogP contribution < -0.4 is 9.47 Å². The average Bonchev–Trinajstić information content (AvgIpc) is 2.91. The van der Waals surface area contributed by atoms with E-state index in [4.69, 9.17) is 18.9 Å². The zero-order chi connectivity index (χ0) is 29.6. The maximum atomic E-state index is 10.7. The third kappa shape index (κ3) is 5.57. The van der Waals surface area contributed by atoms with Crippen molar-refractivity contribution in [2.75, 3.05) is 13.2 Å². The van der Waals surface area contributed by atoms with Crippen LogP contribution in [0.3, 0.4) is 0 Å². The highest BCUT2D eigenvalue weighted by Crippen LogP contribution is 2.36. The Morgan fingerprint density at radius 2 is 1.02 bits per heavy atom. The van der Waals surface area contributed by atoms with E-state index in [1.54, 1.807) is 38.1 Å². The molecule has 4 rings (SSSR count). The summed E-state index contributed by atoms with van der Waals surface area (Å²) in [5.74, 6) is 0.726. The summed E-state index contributed by atoms with van der Waals surface area (Å²) in [6.45, 7) is 4.99. The van der Waals surface area contributed by atoms with Gasteiger partial charge in [0.1, 0.15) is 48.1 Å². The number of rotatable bonds is 7. The highest BCUT2D eigenvalue weighted by molar-refractivity contribution is 5.67. The molecule has 2 aromatic carbocycles. The lowest BCUT2D eigenvalue weighted by Gasteiger charge is -2.45. The number of ether oxygens (including phenoxy) is 4. The molecule has 0 bridgehead atoms. The second kappa shape index (κ2) is 11.5. The van der Waals surface area contributed by atoms with E-state index in [1.807, 2.05) is 12.1 Å². The van der Waals surface area contributed by atoms with Crippen molar-refractivity contribution in [2.24, 2.45) is 0 Å². The lowest BCUT2D eigenvalue weighted by molar-refractivity contribution is -0.315. The molecule has 0 amide bonds. The number of aliphatic hydroxyl groups is 8. The van der Waals surface area contributed by atoms with Gasteiger partial charge < -0.3 is 59.8 Å². The molecule has 8 N–H and O–H groups in total. The van der Waals surface area contributed by atoms with Crippen molar-refractivity contribution < 1.29 is 59.8 Å². The van der Waals surface area contributed by atoms with E-state index < -0.39 is 73.6 Å². The van der Waals surface area contributed by atoms with Crippen LogP contribution in [0.5, 0.6) is 11.5 Å². The monoisotopic (exact) mass is 566 g/mol. The molecule has 0 saturated carbocycles. The minimum atomic E-state index is -1.94. The molecule has 0 aromatic heterocycles. The molecule has 2 heterocycles. The molecule has 222 valence electrons. The Bertz CT molecular complexity index is 1090. The quantitative estimate of drug-likeness (QED) is 0.206. The summed E-state index contributed by atoms with van der Waals surface area (Å²) >= 11 is 0. The maximum Gasteiger partial charge on any atom is 0.231 e. The minimum Gasteiger partial charge on any atom is -0.461 e. The van der Waals surface area contributed by atoms with Gasteiger partial charge in [-0.25, -0.2) is 0 Å². The van der Waals surface area contributed by atoms with Gasteiger partial charge in [0, 0.05) is 0 Å². The molecule has 2 saturated heterocycles. The van der Waals surface area contributed by atoms with Crippen LogP contribution in [0, 0.1) is 13.8 Å². The van der Waals surface area contributed by atoms with Crippen LogP contribution in [0.1, 0.15) is 25.0 Å². The predicted octanol–water partition coefficient (Wildman–Crippen LogP) is -0.892. The first-order chi connectivity index (χ1) is 18.7. The van der Waals surface area contributed by atoms with E-state index in [0.717, 1.165) is 11.1 Å². The molecule has 2 aliphatic rings. The van der Waals surface area contributed by atoms with E-state index in [2.05, 4.69) is 0 Å². The topological polar surface area (TPSA) is 199 Å². The van der Waals surface area contributed by atoms with Crippen molar-refractivity contribution >= 4 is 0 Å². The van der Waals surface area contributed by atoms with Gasteiger partial charge in [0.05, 0.1) is 13.2 Å². The van der Waals surface area contributed by atoms with Crippen LogP contribution in [0.4, 0.5) is 0 Å². The first kappa shape index (κ1) is 30.6. The van der Waals surface area contributed by atoms with Crippen molar-refractivity contribution in [1.29, 1.82) is 0 Å². The van der Waals surface area contributed by atoms with Gasteiger partial charge >= 0.3 is 0 Å². The summed E-state index contributed by atoms with van der Waals surface area (Å²) in [7, 11) is 0. The van der Waals surface area contributed by atoms with Gasteiger partial charge in [-0.1, -0.05) is 12.1 Å². The molecule has 12 heteroatoms. The standard InChI is InChI=1S/C28H38O12/c1-13-9-15(5-7-17(13)37-25-27(3,35)23(33)21(31)19(11-29)39-25)16-6-8-18(14(2)10-16)38-26-28(4,36)24(34)22(32)20(12-30)40-26/h5-10,19-26,29-36H,11-12H2,1-4H3. The molecule has 12 nitrogen and oxygen atoms in total. The minimum absolute atomic E-state index is 0.363. The first-order valence-electron chi connectivity index (χ1n) is 13.0. The number of hydrogen-bond acceptors (Lipinski definition) is 12. The van der Waals surface area contributed by atoms with E-state index in [9.17, 15) is 40.9 Å². The van der Waals surface area contributed by atoms with Gasteiger partial charge in [-0.15, -0.1) is 0 Å². The van der Waals surface area contributed by atoms with Gasteiger partial charge in [-0.05, 0) is 74.2 Å². The van der Waals surface area contributed by atoms with Crippen molar-refractivity contribution in [2.45, 2.75) is 88.1 Å². The molecule has 2 fully saturated rings. The summed E-state index contributed by atoms with van der Waals surface area (Å²) in [6, 6.07) is 10.6. The lowest BCUT2D eigenvalue weighted by Crippen LogP contribution is -2.66. The second-order valence-electron chi connectivity index (χ2n) is 10.9. The fourth-order valence-corrected chi connectivity index (χ4v) is 4.88. The predicted molar refractivity (Wildman–Crippen MR) is 139 cm³/mol. The van der Waals surface area contributed by atoms with Crippen molar-refractivity contribution in [3.05, 3.63) is 47.5 Å². The molecular formula is C28H38O12. The van der Waals surface area contributed by atoms with Gasteiger partial charge in [0.25, 0.3) is 0 Å². The molecule has 2 aliphatic heterocycles. The highest BCUT2D eigenvalue weighted by atomic mass is 16.7. The Labute approximate surface area is 231 Å². The Morgan fingerprint density at radius 3 is 1.32 bits per heavy atom. The number of benzene rings is 2. The van der Waals surface area contributed by atoms with Crippen LogP contribution >= 0.6 is 0 Å². The van der Waals surface area contributed by atoms with Gasteiger partial charge in [-0.3, -0.25) is 0 Å². The molecule has 0 spiro atoms. The Balaban J connectivity index is 1.51. The van der Waals surface area contributed by atoms with Crippen LogP contribution in [-0.2, 0) is 9.47 Å².